The fraction of sp³-hybridized carbons (Fsp3) is 0.500. The molecule has 0 unspecified atom stereocenters. The van der Waals surface area contributed by atoms with Gasteiger partial charge in [0.25, 0.3) is 0 Å². The van der Waals surface area contributed by atoms with E-state index in [9.17, 15) is 9.59 Å². The van der Waals surface area contributed by atoms with E-state index < -0.39 is 5.97 Å². The molecule has 0 amide bonds. The quantitative estimate of drug-likeness (QED) is 0.580. The Morgan fingerprint density at radius 3 is 3.00 bits per heavy atom. The number of carbonyl (C=O) groups is 2. The van der Waals surface area contributed by atoms with E-state index in [1.807, 2.05) is 0 Å². The van der Waals surface area contributed by atoms with Gasteiger partial charge in [0.2, 0.25) is 0 Å². The molecule has 0 saturated carbocycles. The Kier molecular flexibility index (Phi) is 5.55. The van der Waals surface area contributed by atoms with Gasteiger partial charge >= 0.3 is 11.9 Å². The molecule has 1 aromatic rings. The Morgan fingerprint density at radius 1 is 1.59 bits per heavy atom. The van der Waals surface area contributed by atoms with Gasteiger partial charge in [0.15, 0.2) is 5.16 Å². The van der Waals surface area contributed by atoms with Crippen LogP contribution >= 0.6 is 11.8 Å². The van der Waals surface area contributed by atoms with Crippen LogP contribution in [0.2, 0.25) is 0 Å². The zero-order chi connectivity index (χ0) is 12.7. The largest absolute Gasteiger partial charge is 0.481 e. The first kappa shape index (κ1) is 13.6. The third-order valence-corrected chi connectivity index (χ3v) is 2.85. The maximum absolute atomic E-state index is 11.2. The molecule has 0 aliphatic heterocycles. The van der Waals surface area contributed by atoms with Crippen LogP contribution < -0.4 is 0 Å². The summed E-state index contributed by atoms with van der Waals surface area (Å²) in [4.78, 5) is 25.6. The van der Waals surface area contributed by atoms with Crippen LogP contribution in [0.3, 0.4) is 0 Å². The van der Waals surface area contributed by atoms with Gasteiger partial charge in [0.05, 0.1) is 18.8 Å². The molecule has 0 atom stereocenters. The van der Waals surface area contributed by atoms with Gasteiger partial charge in [0, 0.05) is 18.9 Å². The topological polar surface area (TPSA) is 81.4 Å². The molecule has 94 valence electrons. The number of ether oxygens (including phenoxy) is 1. The van der Waals surface area contributed by atoms with E-state index in [0.29, 0.717) is 18.3 Å². The first-order chi connectivity index (χ1) is 8.13. The van der Waals surface area contributed by atoms with Crippen molar-refractivity contribution in [3.05, 3.63) is 12.4 Å². The average Bonchev–Trinajstić information content (AvgIpc) is 2.71. The van der Waals surface area contributed by atoms with E-state index in [2.05, 4.69) is 4.98 Å². The van der Waals surface area contributed by atoms with Crippen LogP contribution in [0.1, 0.15) is 13.3 Å². The third-order valence-electron chi connectivity index (χ3n) is 1.86. The van der Waals surface area contributed by atoms with Crippen molar-refractivity contribution in [1.82, 2.24) is 9.55 Å². The fourth-order valence-electron chi connectivity index (χ4n) is 1.18. The van der Waals surface area contributed by atoms with Gasteiger partial charge in [-0.05, 0) is 6.92 Å². The molecule has 1 N–H and O–H groups in total. The highest BCUT2D eigenvalue weighted by atomic mass is 32.2. The molecule has 0 bridgehead atoms. The first-order valence-corrected chi connectivity index (χ1v) is 6.13. The number of aromatic nitrogens is 2. The molecule has 6 nitrogen and oxygen atoms in total. The predicted molar refractivity (Wildman–Crippen MR) is 61.8 cm³/mol. The molecule has 7 heteroatoms. The zero-order valence-corrected chi connectivity index (χ0v) is 10.3. The van der Waals surface area contributed by atoms with Crippen LogP contribution in [0.15, 0.2) is 17.6 Å². The van der Waals surface area contributed by atoms with Crippen molar-refractivity contribution in [2.24, 2.45) is 0 Å². The molecule has 0 saturated heterocycles. The molecule has 0 fully saturated rings. The lowest BCUT2D eigenvalue weighted by Crippen LogP contribution is -2.09. The Morgan fingerprint density at radius 2 is 2.35 bits per heavy atom. The van der Waals surface area contributed by atoms with Crippen LogP contribution in [0.5, 0.6) is 0 Å². The number of carboxylic acid groups (broad SMARTS) is 1. The summed E-state index contributed by atoms with van der Waals surface area (Å²) in [7, 11) is 0. The van der Waals surface area contributed by atoms with Crippen molar-refractivity contribution in [3.63, 3.8) is 0 Å². The van der Waals surface area contributed by atoms with Crippen molar-refractivity contribution in [2.75, 3.05) is 12.4 Å². The summed E-state index contributed by atoms with van der Waals surface area (Å²) < 4.78 is 6.55. The van der Waals surface area contributed by atoms with E-state index in [1.54, 1.807) is 23.9 Å². The van der Waals surface area contributed by atoms with Crippen molar-refractivity contribution in [2.45, 2.75) is 25.0 Å². The zero-order valence-electron chi connectivity index (χ0n) is 9.46. The van der Waals surface area contributed by atoms with Crippen molar-refractivity contribution < 1.29 is 19.4 Å². The second-order valence-corrected chi connectivity index (χ2v) is 4.08. The van der Waals surface area contributed by atoms with E-state index in [-0.39, 0.29) is 18.1 Å². The number of aryl methyl sites for hydroxylation is 1. The Balaban J connectivity index is 2.45. The van der Waals surface area contributed by atoms with Crippen molar-refractivity contribution in [1.29, 1.82) is 0 Å². The summed E-state index contributed by atoms with van der Waals surface area (Å²) >= 11 is 1.13. The lowest BCUT2D eigenvalue weighted by atomic mass is 10.4. The smallest absolute Gasteiger partial charge is 0.313 e. The van der Waals surface area contributed by atoms with Gasteiger partial charge in [-0.2, -0.15) is 0 Å². The number of carbonyl (C=O) groups excluding carboxylic acids is 1. The molecule has 1 rings (SSSR count). The number of thioether (sulfide) groups is 1. The lowest BCUT2D eigenvalue weighted by Gasteiger charge is -2.06. The van der Waals surface area contributed by atoms with Gasteiger partial charge in [0.1, 0.15) is 0 Å². The minimum atomic E-state index is -0.894. The standard InChI is InChI=1S/C10H14N2O4S/c1-2-16-9(15)3-5-12-6-4-11-10(12)17-7-8(13)14/h4,6H,2-3,5,7H2,1H3,(H,13,14). The molecule has 1 aromatic heterocycles. The van der Waals surface area contributed by atoms with E-state index in [0.717, 1.165) is 11.8 Å². The first-order valence-electron chi connectivity index (χ1n) is 5.14. The normalized spacial score (nSPS) is 10.2. The molecule has 0 spiro atoms. The fourth-order valence-corrected chi connectivity index (χ4v) is 1.88. The van der Waals surface area contributed by atoms with Gasteiger partial charge < -0.3 is 14.4 Å². The van der Waals surface area contributed by atoms with Crippen molar-refractivity contribution >= 4 is 23.7 Å². The summed E-state index contributed by atoms with van der Waals surface area (Å²) in [5.41, 5.74) is 0. The molecule has 0 radical (unpaired) electrons. The number of carboxylic acids is 1. The Hall–Kier alpha value is -1.50. The summed E-state index contributed by atoms with van der Waals surface area (Å²) in [5, 5.41) is 9.15. The predicted octanol–water partition coefficient (Wildman–Crippen LogP) is 1.01. The highest BCUT2D eigenvalue weighted by Crippen LogP contribution is 2.15. The van der Waals surface area contributed by atoms with Crippen LogP contribution in [0, 0.1) is 0 Å². The Bertz CT molecular complexity index is 391. The molecule has 0 aliphatic rings. The summed E-state index contributed by atoms with van der Waals surface area (Å²) in [6.45, 7) is 2.56. The van der Waals surface area contributed by atoms with Crippen LogP contribution in [0.4, 0.5) is 0 Å². The lowest BCUT2D eigenvalue weighted by molar-refractivity contribution is -0.143. The number of aliphatic carboxylic acids is 1. The van der Waals surface area contributed by atoms with E-state index >= 15 is 0 Å². The maximum Gasteiger partial charge on any atom is 0.313 e. The maximum atomic E-state index is 11.2. The molecular weight excluding hydrogens is 244 g/mol. The molecule has 0 aromatic carbocycles. The molecule has 17 heavy (non-hydrogen) atoms. The monoisotopic (exact) mass is 258 g/mol. The molecule has 1 heterocycles. The van der Waals surface area contributed by atoms with E-state index in [4.69, 9.17) is 9.84 Å². The number of hydrogen-bond donors (Lipinski definition) is 1. The number of esters is 1. The number of hydrogen-bond acceptors (Lipinski definition) is 5. The SMILES string of the molecule is CCOC(=O)CCn1ccnc1SCC(=O)O. The number of nitrogens with zero attached hydrogens (tertiary/aromatic N) is 2. The van der Waals surface area contributed by atoms with Gasteiger partial charge in [-0.25, -0.2) is 4.98 Å². The minimum Gasteiger partial charge on any atom is -0.481 e. The van der Waals surface area contributed by atoms with Gasteiger partial charge in [-0.3, -0.25) is 9.59 Å². The van der Waals surface area contributed by atoms with Crippen molar-refractivity contribution in [3.8, 4) is 0 Å². The van der Waals surface area contributed by atoms with Crippen LogP contribution in [0.25, 0.3) is 0 Å². The number of rotatable bonds is 7. The second-order valence-electron chi connectivity index (χ2n) is 3.14. The summed E-state index contributed by atoms with van der Waals surface area (Å²) in [6.07, 6.45) is 3.55. The number of imidazole rings is 1. The molecule has 0 aliphatic carbocycles. The molecular formula is C10H14N2O4S. The van der Waals surface area contributed by atoms with Crippen LogP contribution in [-0.2, 0) is 20.9 Å². The van der Waals surface area contributed by atoms with Gasteiger partial charge in [-0.1, -0.05) is 11.8 Å². The van der Waals surface area contributed by atoms with Gasteiger partial charge in [-0.15, -0.1) is 0 Å². The summed E-state index contributed by atoms with van der Waals surface area (Å²) in [5.74, 6) is -1.21. The average molecular weight is 258 g/mol. The van der Waals surface area contributed by atoms with Crippen LogP contribution in [-0.4, -0.2) is 39.0 Å². The van der Waals surface area contributed by atoms with E-state index in [1.165, 1.54) is 0 Å². The third kappa shape index (κ3) is 4.90. The minimum absolute atomic E-state index is 0.0452. The summed E-state index contributed by atoms with van der Waals surface area (Å²) in [6, 6.07) is 0. The highest BCUT2D eigenvalue weighted by molar-refractivity contribution is 7.99. The highest BCUT2D eigenvalue weighted by Gasteiger charge is 2.08. The second kappa shape index (κ2) is 6.95. The Labute approximate surface area is 103 Å².